The lowest BCUT2D eigenvalue weighted by Crippen LogP contribution is -2.13. The van der Waals surface area contributed by atoms with E-state index >= 15 is 0 Å². The molecular formula is C18H15ClN4O. The van der Waals surface area contributed by atoms with Crippen LogP contribution in [0.5, 0.6) is 0 Å². The van der Waals surface area contributed by atoms with Crippen molar-refractivity contribution in [3.8, 4) is 0 Å². The van der Waals surface area contributed by atoms with Gasteiger partial charge >= 0.3 is 0 Å². The van der Waals surface area contributed by atoms with Crippen molar-refractivity contribution in [2.75, 3.05) is 10.6 Å². The molecule has 0 radical (unpaired) electrons. The monoisotopic (exact) mass is 338 g/mol. The smallest absolute Gasteiger partial charge is 0.256 e. The standard InChI is InChI=1S/C18H15ClN4O/c1-12-5-7-13(8-6-12)18(24)21-17-10-9-16(22-23-17)20-15-4-2-3-14(19)11-15/h2-11H,1H3,(H,20,22)(H,21,23,24). The highest BCUT2D eigenvalue weighted by atomic mass is 35.5. The van der Waals surface area contributed by atoms with Gasteiger partial charge in [-0.2, -0.15) is 0 Å². The van der Waals surface area contributed by atoms with Crippen LogP contribution < -0.4 is 10.6 Å². The van der Waals surface area contributed by atoms with Crippen molar-refractivity contribution in [1.82, 2.24) is 10.2 Å². The molecule has 0 aliphatic rings. The van der Waals surface area contributed by atoms with Crippen LogP contribution in [-0.4, -0.2) is 16.1 Å². The van der Waals surface area contributed by atoms with Gasteiger partial charge in [0, 0.05) is 16.3 Å². The van der Waals surface area contributed by atoms with Gasteiger partial charge in [-0.15, -0.1) is 10.2 Å². The van der Waals surface area contributed by atoms with E-state index in [1.165, 1.54) is 0 Å². The normalized spacial score (nSPS) is 10.2. The van der Waals surface area contributed by atoms with Crippen molar-refractivity contribution in [2.45, 2.75) is 6.92 Å². The number of amides is 1. The van der Waals surface area contributed by atoms with E-state index in [2.05, 4.69) is 20.8 Å². The number of carbonyl (C=O) groups excluding carboxylic acids is 1. The molecule has 6 heteroatoms. The highest BCUT2D eigenvalue weighted by Gasteiger charge is 2.07. The number of anilines is 3. The third kappa shape index (κ3) is 4.08. The zero-order valence-electron chi connectivity index (χ0n) is 13.0. The molecule has 0 atom stereocenters. The Bertz CT molecular complexity index is 848. The van der Waals surface area contributed by atoms with Crippen LogP contribution in [0.15, 0.2) is 60.7 Å². The van der Waals surface area contributed by atoms with Crippen LogP contribution >= 0.6 is 11.6 Å². The average Bonchev–Trinajstić information content (AvgIpc) is 2.57. The fraction of sp³-hybridized carbons (Fsp3) is 0.0556. The summed E-state index contributed by atoms with van der Waals surface area (Å²) >= 11 is 5.94. The number of halogens is 1. The Labute approximate surface area is 144 Å². The van der Waals surface area contributed by atoms with Gasteiger partial charge < -0.3 is 10.6 Å². The van der Waals surface area contributed by atoms with Crippen LogP contribution in [0.3, 0.4) is 0 Å². The van der Waals surface area contributed by atoms with Crippen LogP contribution in [0.1, 0.15) is 15.9 Å². The van der Waals surface area contributed by atoms with Crippen molar-refractivity contribution in [3.63, 3.8) is 0 Å². The number of aromatic nitrogens is 2. The summed E-state index contributed by atoms with van der Waals surface area (Å²) in [5.41, 5.74) is 2.49. The highest BCUT2D eigenvalue weighted by molar-refractivity contribution is 6.30. The quantitative estimate of drug-likeness (QED) is 0.738. The SMILES string of the molecule is Cc1ccc(C(=O)Nc2ccc(Nc3cccc(Cl)c3)nn2)cc1. The van der Waals surface area contributed by atoms with Gasteiger partial charge in [-0.3, -0.25) is 4.79 Å². The predicted octanol–water partition coefficient (Wildman–Crippen LogP) is 4.43. The van der Waals surface area contributed by atoms with Crippen molar-refractivity contribution >= 4 is 34.8 Å². The Morgan fingerprint density at radius 2 is 1.67 bits per heavy atom. The molecule has 2 aromatic carbocycles. The Hall–Kier alpha value is -2.92. The molecule has 2 N–H and O–H groups in total. The fourth-order valence-electron chi connectivity index (χ4n) is 2.07. The van der Waals surface area contributed by atoms with Gasteiger partial charge in [-0.25, -0.2) is 0 Å². The molecule has 0 saturated carbocycles. The number of aryl methyl sites for hydroxylation is 1. The number of benzene rings is 2. The van der Waals surface area contributed by atoms with Gasteiger partial charge in [0.25, 0.3) is 5.91 Å². The molecule has 1 aromatic heterocycles. The zero-order valence-corrected chi connectivity index (χ0v) is 13.7. The summed E-state index contributed by atoms with van der Waals surface area (Å²) in [4.78, 5) is 12.1. The molecule has 3 aromatic rings. The van der Waals surface area contributed by atoms with Gasteiger partial charge in [-0.05, 0) is 49.4 Å². The zero-order chi connectivity index (χ0) is 16.9. The molecule has 1 heterocycles. The van der Waals surface area contributed by atoms with Crippen molar-refractivity contribution in [3.05, 3.63) is 76.8 Å². The lowest BCUT2D eigenvalue weighted by atomic mass is 10.1. The second-order valence-electron chi connectivity index (χ2n) is 5.26. The first-order valence-corrected chi connectivity index (χ1v) is 7.72. The average molecular weight is 339 g/mol. The van der Waals surface area contributed by atoms with E-state index < -0.39 is 0 Å². The molecule has 0 spiro atoms. The number of nitrogens with one attached hydrogen (secondary N) is 2. The first-order chi connectivity index (χ1) is 11.6. The number of hydrogen-bond donors (Lipinski definition) is 2. The molecule has 0 unspecified atom stereocenters. The molecule has 3 rings (SSSR count). The molecular weight excluding hydrogens is 324 g/mol. The maximum absolute atomic E-state index is 12.1. The van der Waals surface area contributed by atoms with E-state index in [9.17, 15) is 4.79 Å². The third-order valence-electron chi connectivity index (χ3n) is 3.32. The van der Waals surface area contributed by atoms with Crippen molar-refractivity contribution < 1.29 is 4.79 Å². The van der Waals surface area contributed by atoms with Gasteiger partial charge in [0.2, 0.25) is 0 Å². The Morgan fingerprint density at radius 3 is 2.33 bits per heavy atom. The van der Waals surface area contributed by atoms with Gasteiger partial charge in [-0.1, -0.05) is 35.4 Å². The van der Waals surface area contributed by atoms with Crippen LogP contribution in [0, 0.1) is 6.92 Å². The summed E-state index contributed by atoms with van der Waals surface area (Å²) in [6.07, 6.45) is 0. The van der Waals surface area contributed by atoms with Gasteiger partial charge in [0.05, 0.1) is 0 Å². The second-order valence-corrected chi connectivity index (χ2v) is 5.70. The summed E-state index contributed by atoms with van der Waals surface area (Å²) in [6, 6.07) is 18.0. The van der Waals surface area contributed by atoms with E-state index in [0.29, 0.717) is 22.2 Å². The largest absolute Gasteiger partial charge is 0.339 e. The van der Waals surface area contributed by atoms with Crippen molar-refractivity contribution in [1.29, 1.82) is 0 Å². The summed E-state index contributed by atoms with van der Waals surface area (Å²) in [7, 11) is 0. The fourth-order valence-corrected chi connectivity index (χ4v) is 2.26. The molecule has 24 heavy (non-hydrogen) atoms. The topological polar surface area (TPSA) is 66.9 Å². The number of rotatable bonds is 4. The van der Waals surface area contributed by atoms with E-state index in [0.717, 1.165) is 11.3 Å². The van der Waals surface area contributed by atoms with Crippen LogP contribution in [0.4, 0.5) is 17.3 Å². The molecule has 0 saturated heterocycles. The van der Waals surface area contributed by atoms with Crippen LogP contribution in [0.2, 0.25) is 5.02 Å². The highest BCUT2D eigenvalue weighted by Crippen LogP contribution is 2.19. The predicted molar refractivity (Wildman–Crippen MR) is 95.9 cm³/mol. The first-order valence-electron chi connectivity index (χ1n) is 7.34. The second kappa shape index (κ2) is 7.10. The maximum Gasteiger partial charge on any atom is 0.256 e. The molecule has 0 bridgehead atoms. The minimum Gasteiger partial charge on any atom is -0.339 e. The minimum absolute atomic E-state index is 0.222. The summed E-state index contributed by atoms with van der Waals surface area (Å²) in [5, 5.41) is 14.5. The number of carbonyl (C=O) groups is 1. The Morgan fingerprint density at radius 1 is 0.958 bits per heavy atom. The summed E-state index contributed by atoms with van der Waals surface area (Å²) in [5.74, 6) is 0.725. The van der Waals surface area contributed by atoms with Crippen LogP contribution in [-0.2, 0) is 0 Å². The molecule has 120 valence electrons. The van der Waals surface area contributed by atoms with E-state index in [1.807, 2.05) is 31.2 Å². The molecule has 0 fully saturated rings. The number of nitrogens with zero attached hydrogens (tertiary/aromatic N) is 2. The summed E-state index contributed by atoms with van der Waals surface area (Å²) < 4.78 is 0. The lowest BCUT2D eigenvalue weighted by Gasteiger charge is -2.07. The van der Waals surface area contributed by atoms with E-state index in [4.69, 9.17) is 11.6 Å². The van der Waals surface area contributed by atoms with Crippen molar-refractivity contribution in [2.24, 2.45) is 0 Å². The molecule has 0 aliphatic heterocycles. The van der Waals surface area contributed by atoms with Crippen LogP contribution in [0.25, 0.3) is 0 Å². The Balaban J connectivity index is 1.66. The summed E-state index contributed by atoms with van der Waals surface area (Å²) in [6.45, 7) is 1.97. The third-order valence-corrected chi connectivity index (χ3v) is 3.55. The number of hydrogen-bond acceptors (Lipinski definition) is 4. The first kappa shape index (κ1) is 16.0. The maximum atomic E-state index is 12.1. The Kier molecular flexibility index (Phi) is 4.72. The van der Waals surface area contributed by atoms with Gasteiger partial charge in [0.1, 0.15) is 0 Å². The molecule has 1 amide bonds. The minimum atomic E-state index is -0.222. The lowest BCUT2D eigenvalue weighted by molar-refractivity contribution is 0.102. The molecule has 5 nitrogen and oxygen atoms in total. The van der Waals surface area contributed by atoms with Gasteiger partial charge in [0.15, 0.2) is 11.6 Å². The van der Waals surface area contributed by atoms with E-state index in [1.54, 1.807) is 36.4 Å². The molecule has 0 aliphatic carbocycles. The van der Waals surface area contributed by atoms with E-state index in [-0.39, 0.29) is 5.91 Å².